The lowest BCUT2D eigenvalue weighted by Crippen LogP contribution is -1.91. The zero-order valence-corrected chi connectivity index (χ0v) is 9.87. The lowest BCUT2D eigenvalue weighted by Gasteiger charge is -2.03. The third kappa shape index (κ3) is 3.81. The molecule has 0 aliphatic rings. The summed E-state index contributed by atoms with van der Waals surface area (Å²) < 4.78 is 0. The van der Waals surface area contributed by atoms with Crippen LogP contribution in [-0.2, 0) is 6.42 Å². The molecule has 0 unspecified atom stereocenters. The second-order valence-corrected chi connectivity index (χ2v) is 4.10. The van der Waals surface area contributed by atoms with E-state index in [1.54, 1.807) is 6.07 Å². The first-order valence-electron chi connectivity index (χ1n) is 5.37. The van der Waals surface area contributed by atoms with Crippen molar-refractivity contribution in [1.82, 2.24) is 0 Å². The van der Waals surface area contributed by atoms with Crippen LogP contribution in [0.2, 0.25) is 5.02 Å². The zero-order valence-electron chi connectivity index (χ0n) is 9.12. The first-order valence-corrected chi connectivity index (χ1v) is 5.75. The van der Waals surface area contributed by atoms with Crippen LogP contribution in [-0.4, -0.2) is 4.92 Å². The fourth-order valence-corrected chi connectivity index (χ4v) is 1.79. The number of unbranched alkanes of at least 4 members (excludes halogenated alkanes) is 3. The zero-order chi connectivity index (χ0) is 12.0. The molecule has 1 aromatic rings. The van der Waals surface area contributed by atoms with Gasteiger partial charge >= 0.3 is 0 Å². The quantitative estimate of drug-likeness (QED) is 0.425. The maximum absolute atomic E-state index is 10.5. The van der Waals surface area contributed by atoms with E-state index in [1.807, 2.05) is 0 Å². The van der Waals surface area contributed by atoms with E-state index < -0.39 is 4.92 Å². The molecule has 0 spiro atoms. The van der Waals surface area contributed by atoms with E-state index in [9.17, 15) is 10.1 Å². The number of aryl methyl sites for hydroxylation is 1. The fourth-order valence-electron chi connectivity index (χ4n) is 1.52. The van der Waals surface area contributed by atoms with Gasteiger partial charge in [0.15, 0.2) is 0 Å². The van der Waals surface area contributed by atoms with Gasteiger partial charge in [0, 0.05) is 12.1 Å². The number of nitro benzene ring substituents is 1. The van der Waals surface area contributed by atoms with Gasteiger partial charge in [-0.3, -0.25) is 10.1 Å². The topological polar surface area (TPSA) is 43.1 Å². The average molecular weight is 241 g/mol. The third-order valence-corrected chi connectivity index (χ3v) is 2.80. The van der Waals surface area contributed by atoms with E-state index in [2.05, 4.69) is 6.92 Å². The van der Waals surface area contributed by atoms with E-state index in [0.29, 0.717) is 5.02 Å². The Hall–Kier alpha value is -1.09. The van der Waals surface area contributed by atoms with Crippen molar-refractivity contribution in [2.24, 2.45) is 0 Å². The molecule has 0 fully saturated rings. The Morgan fingerprint density at radius 1 is 1.31 bits per heavy atom. The highest BCUT2D eigenvalue weighted by Crippen LogP contribution is 2.23. The third-order valence-electron chi connectivity index (χ3n) is 2.44. The summed E-state index contributed by atoms with van der Waals surface area (Å²) in [5.41, 5.74) is 1.03. The molecule has 0 bridgehead atoms. The van der Waals surface area contributed by atoms with Crippen LogP contribution in [0, 0.1) is 17.0 Å². The Bertz CT molecular complexity index is 366. The van der Waals surface area contributed by atoms with Gasteiger partial charge in [-0.1, -0.05) is 43.9 Å². The van der Waals surface area contributed by atoms with Gasteiger partial charge in [0.2, 0.25) is 0 Å². The van der Waals surface area contributed by atoms with Crippen molar-refractivity contribution in [3.8, 4) is 0 Å². The average Bonchev–Trinajstić information content (AvgIpc) is 2.26. The minimum absolute atomic E-state index is 0.0477. The lowest BCUT2D eigenvalue weighted by molar-refractivity contribution is -0.384. The number of halogens is 1. The molecule has 0 saturated carbocycles. The van der Waals surface area contributed by atoms with Crippen molar-refractivity contribution in [2.75, 3.05) is 0 Å². The largest absolute Gasteiger partial charge is 0.270 e. The van der Waals surface area contributed by atoms with Crippen LogP contribution < -0.4 is 0 Å². The summed E-state index contributed by atoms with van der Waals surface area (Å²) in [5, 5.41) is 11.0. The Morgan fingerprint density at radius 2 is 2.06 bits per heavy atom. The number of non-ortho nitro benzene ring substituents is 1. The Labute approximate surface area is 101 Å². The Morgan fingerprint density at radius 3 is 2.62 bits per heavy atom. The second-order valence-electron chi connectivity index (χ2n) is 3.70. The lowest BCUT2D eigenvalue weighted by atomic mass is 10.1. The van der Waals surface area contributed by atoms with Crippen LogP contribution in [0.1, 0.15) is 31.2 Å². The summed E-state index contributed by atoms with van der Waals surface area (Å²) in [5.74, 6) is 0. The molecule has 0 saturated heterocycles. The van der Waals surface area contributed by atoms with E-state index in [-0.39, 0.29) is 5.69 Å². The van der Waals surface area contributed by atoms with Crippen LogP contribution in [0.4, 0.5) is 5.69 Å². The molecule has 0 atom stereocenters. The van der Waals surface area contributed by atoms with Gasteiger partial charge < -0.3 is 0 Å². The minimum Gasteiger partial charge on any atom is -0.258 e. The van der Waals surface area contributed by atoms with Crippen molar-refractivity contribution >= 4 is 17.3 Å². The molecule has 0 N–H and O–H groups in total. The van der Waals surface area contributed by atoms with Crippen LogP contribution in [0.5, 0.6) is 0 Å². The summed E-state index contributed by atoms with van der Waals surface area (Å²) in [7, 11) is 0. The highest BCUT2D eigenvalue weighted by atomic mass is 35.5. The molecule has 4 heteroatoms. The molecule has 87 valence electrons. The molecular formula is C12H15ClNO2. The molecule has 16 heavy (non-hydrogen) atoms. The van der Waals surface area contributed by atoms with E-state index in [0.717, 1.165) is 37.7 Å². The summed E-state index contributed by atoms with van der Waals surface area (Å²) in [6, 6.07) is 4.66. The molecule has 3 nitrogen and oxygen atoms in total. The fraction of sp³-hybridized carbons (Fsp3) is 0.417. The smallest absolute Gasteiger partial charge is 0.258 e. The van der Waals surface area contributed by atoms with Crippen LogP contribution in [0.25, 0.3) is 0 Å². The van der Waals surface area contributed by atoms with Gasteiger partial charge in [0.1, 0.15) is 0 Å². The van der Waals surface area contributed by atoms with Crippen molar-refractivity contribution < 1.29 is 4.92 Å². The van der Waals surface area contributed by atoms with E-state index in [1.165, 1.54) is 12.1 Å². The molecule has 1 radical (unpaired) electrons. The highest BCUT2D eigenvalue weighted by molar-refractivity contribution is 6.31. The van der Waals surface area contributed by atoms with Crippen molar-refractivity contribution in [1.29, 1.82) is 0 Å². The number of hydrogen-bond acceptors (Lipinski definition) is 2. The van der Waals surface area contributed by atoms with Crippen molar-refractivity contribution in [2.45, 2.75) is 32.1 Å². The highest BCUT2D eigenvalue weighted by Gasteiger charge is 2.08. The summed E-state index contributed by atoms with van der Waals surface area (Å²) in [6.45, 7) is 3.78. The first-order chi connectivity index (χ1) is 7.65. The van der Waals surface area contributed by atoms with Gasteiger partial charge in [-0.05, 0) is 18.4 Å². The molecule has 0 aliphatic carbocycles. The number of benzene rings is 1. The number of hydrogen-bond donors (Lipinski definition) is 0. The second kappa shape index (κ2) is 6.48. The summed E-state index contributed by atoms with van der Waals surface area (Å²) >= 11 is 5.97. The Kier molecular flexibility index (Phi) is 5.26. The van der Waals surface area contributed by atoms with E-state index >= 15 is 0 Å². The van der Waals surface area contributed by atoms with E-state index in [4.69, 9.17) is 11.6 Å². The predicted molar refractivity (Wildman–Crippen MR) is 65.6 cm³/mol. The molecule has 1 aromatic carbocycles. The standard InChI is InChI=1S/C12H15ClNO2/c1-2-3-4-5-6-10-7-8-11(14(15)16)9-12(10)13/h7-9H,1-6H2. The normalized spacial score (nSPS) is 10.4. The molecule has 0 amide bonds. The van der Waals surface area contributed by atoms with Gasteiger partial charge in [-0.25, -0.2) is 0 Å². The van der Waals surface area contributed by atoms with Crippen LogP contribution in [0.15, 0.2) is 18.2 Å². The van der Waals surface area contributed by atoms with Crippen molar-refractivity contribution in [3.63, 3.8) is 0 Å². The molecule has 0 aromatic heterocycles. The minimum atomic E-state index is -0.432. The van der Waals surface area contributed by atoms with Gasteiger partial charge in [0.25, 0.3) is 5.69 Å². The number of nitro groups is 1. The molecule has 1 rings (SSSR count). The number of rotatable bonds is 6. The van der Waals surface area contributed by atoms with Crippen molar-refractivity contribution in [3.05, 3.63) is 45.8 Å². The van der Waals surface area contributed by atoms with Crippen LogP contribution >= 0.6 is 11.6 Å². The van der Waals surface area contributed by atoms with Gasteiger partial charge in [0.05, 0.1) is 9.95 Å². The maximum atomic E-state index is 10.5. The van der Waals surface area contributed by atoms with Crippen LogP contribution in [0.3, 0.4) is 0 Å². The molecule has 0 aliphatic heterocycles. The summed E-state index contributed by atoms with van der Waals surface area (Å²) in [4.78, 5) is 10.1. The van der Waals surface area contributed by atoms with Gasteiger partial charge in [-0.15, -0.1) is 0 Å². The maximum Gasteiger partial charge on any atom is 0.270 e. The summed E-state index contributed by atoms with van der Waals surface area (Å²) in [6.07, 6.45) is 5.11. The number of nitrogens with zero attached hydrogens (tertiary/aromatic N) is 1. The van der Waals surface area contributed by atoms with Gasteiger partial charge in [-0.2, -0.15) is 0 Å². The first kappa shape index (κ1) is 13.0. The predicted octanol–water partition coefficient (Wildman–Crippen LogP) is 4.19. The SMILES string of the molecule is [CH2]CCCCCc1ccc([N+](=O)[O-])cc1Cl. The Balaban J connectivity index is 2.57. The molecular weight excluding hydrogens is 226 g/mol. The monoisotopic (exact) mass is 240 g/mol. The molecule has 0 heterocycles.